The van der Waals surface area contributed by atoms with Crippen molar-refractivity contribution in [2.45, 2.75) is 6.61 Å². The third kappa shape index (κ3) is 3.59. The van der Waals surface area contributed by atoms with Crippen molar-refractivity contribution in [3.8, 4) is 11.3 Å². The number of nitrogens with zero attached hydrogens (tertiary/aromatic N) is 2. The average Bonchev–Trinajstić information content (AvgIpc) is 2.63. The molecule has 0 fully saturated rings. The van der Waals surface area contributed by atoms with Crippen LogP contribution in [-0.4, -0.2) is 21.0 Å². The van der Waals surface area contributed by atoms with Crippen molar-refractivity contribution in [3.63, 3.8) is 0 Å². The Kier molecular flexibility index (Phi) is 4.40. The quantitative estimate of drug-likeness (QED) is 0.777. The normalized spacial score (nSPS) is 10.3. The minimum atomic E-state index is -0.308. The molecule has 2 N–H and O–H groups in total. The van der Waals surface area contributed by atoms with Crippen LogP contribution in [-0.2, 0) is 6.61 Å². The van der Waals surface area contributed by atoms with Gasteiger partial charge in [0.1, 0.15) is 5.69 Å². The SMILES string of the molecule is O=C(Nc1ccccc1)c1cncc(-c2ccc(CO)cc2)n1. The molecule has 5 nitrogen and oxygen atoms in total. The maximum Gasteiger partial charge on any atom is 0.275 e. The lowest BCUT2D eigenvalue weighted by Crippen LogP contribution is -2.14. The molecular weight excluding hydrogens is 290 g/mol. The average molecular weight is 305 g/mol. The van der Waals surface area contributed by atoms with E-state index in [1.54, 1.807) is 6.20 Å². The first-order chi connectivity index (χ1) is 11.3. The minimum absolute atomic E-state index is 0.00845. The van der Waals surface area contributed by atoms with Gasteiger partial charge in [-0.1, -0.05) is 42.5 Å². The molecule has 1 amide bonds. The maximum absolute atomic E-state index is 12.3. The van der Waals surface area contributed by atoms with Crippen LogP contribution < -0.4 is 5.32 Å². The monoisotopic (exact) mass is 305 g/mol. The molecule has 0 aliphatic rings. The zero-order valence-corrected chi connectivity index (χ0v) is 12.3. The summed E-state index contributed by atoms with van der Waals surface area (Å²) < 4.78 is 0. The third-order valence-corrected chi connectivity index (χ3v) is 3.33. The Balaban J connectivity index is 1.82. The van der Waals surface area contributed by atoms with Crippen molar-refractivity contribution in [2.24, 2.45) is 0 Å². The Morgan fingerprint density at radius 3 is 2.43 bits per heavy atom. The fraction of sp³-hybridized carbons (Fsp3) is 0.0556. The van der Waals surface area contributed by atoms with Gasteiger partial charge in [-0.2, -0.15) is 0 Å². The van der Waals surface area contributed by atoms with Crippen molar-refractivity contribution in [2.75, 3.05) is 5.32 Å². The van der Waals surface area contributed by atoms with E-state index in [2.05, 4.69) is 15.3 Å². The van der Waals surface area contributed by atoms with E-state index >= 15 is 0 Å². The number of aliphatic hydroxyl groups excluding tert-OH is 1. The summed E-state index contributed by atoms with van der Waals surface area (Å²) in [4.78, 5) is 20.7. The number of carbonyl (C=O) groups excluding carboxylic acids is 1. The van der Waals surface area contributed by atoms with Gasteiger partial charge in [-0.15, -0.1) is 0 Å². The van der Waals surface area contributed by atoms with Gasteiger partial charge in [0.2, 0.25) is 0 Å². The predicted octanol–water partition coefficient (Wildman–Crippen LogP) is 2.89. The van der Waals surface area contributed by atoms with Crippen molar-refractivity contribution in [1.82, 2.24) is 9.97 Å². The molecule has 2 aromatic carbocycles. The number of hydrogen-bond donors (Lipinski definition) is 2. The number of carbonyl (C=O) groups is 1. The molecule has 0 saturated heterocycles. The molecule has 5 heteroatoms. The Morgan fingerprint density at radius 2 is 1.74 bits per heavy atom. The Labute approximate surface area is 133 Å². The molecule has 3 rings (SSSR count). The molecule has 0 aliphatic carbocycles. The summed E-state index contributed by atoms with van der Waals surface area (Å²) >= 11 is 0. The standard InChI is InChI=1S/C18H15N3O2/c22-12-13-6-8-14(9-7-13)16-10-19-11-17(21-16)18(23)20-15-4-2-1-3-5-15/h1-11,22H,12H2,(H,20,23). The van der Waals surface area contributed by atoms with Crippen molar-refractivity contribution in [1.29, 1.82) is 0 Å². The molecule has 0 saturated carbocycles. The summed E-state index contributed by atoms with van der Waals surface area (Å²) in [7, 11) is 0. The number of hydrogen-bond acceptors (Lipinski definition) is 4. The number of aliphatic hydroxyl groups is 1. The van der Waals surface area contributed by atoms with E-state index in [1.165, 1.54) is 6.20 Å². The number of anilines is 1. The molecule has 0 atom stereocenters. The maximum atomic E-state index is 12.3. The van der Waals surface area contributed by atoms with Crippen LogP contribution in [0.15, 0.2) is 67.0 Å². The molecule has 0 unspecified atom stereocenters. The number of amides is 1. The molecule has 0 bridgehead atoms. The van der Waals surface area contributed by atoms with Gasteiger partial charge in [-0.25, -0.2) is 4.98 Å². The highest BCUT2D eigenvalue weighted by Crippen LogP contribution is 2.17. The Morgan fingerprint density at radius 1 is 1.00 bits per heavy atom. The summed E-state index contributed by atoms with van der Waals surface area (Å²) in [6.45, 7) is -0.00845. The van der Waals surface area contributed by atoms with Crippen molar-refractivity contribution >= 4 is 11.6 Å². The minimum Gasteiger partial charge on any atom is -0.392 e. The number of rotatable bonds is 4. The first-order valence-corrected chi connectivity index (χ1v) is 7.15. The molecule has 114 valence electrons. The lowest BCUT2D eigenvalue weighted by molar-refractivity contribution is 0.102. The van der Waals surface area contributed by atoms with E-state index in [-0.39, 0.29) is 18.2 Å². The van der Waals surface area contributed by atoms with E-state index in [1.807, 2.05) is 54.6 Å². The van der Waals surface area contributed by atoms with Crippen LogP contribution in [0.25, 0.3) is 11.3 Å². The number of aromatic nitrogens is 2. The van der Waals surface area contributed by atoms with Gasteiger partial charge in [0.25, 0.3) is 5.91 Å². The zero-order chi connectivity index (χ0) is 16.1. The van der Waals surface area contributed by atoms with Gasteiger partial charge >= 0.3 is 0 Å². The topological polar surface area (TPSA) is 75.1 Å². The van der Waals surface area contributed by atoms with Gasteiger partial charge < -0.3 is 10.4 Å². The Hall–Kier alpha value is -3.05. The Bertz CT molecular complexity index is 802. The fourth-order valence-corrected chi connectivity index (χ4v) is 2.11. The van der Waals surface area contributed by atoms with Crippen LogP contribution in [0, 0.1) is 0 Å². The molecule has 3 aromatic rings. The van der Waals surface area contributed by atoms with E-state index in [0.29, 0.717) is 11.4 Å². The highest BCUT2D eigenvalue weighted by atomic mass is 16.3. The molecule has 1 heterocycles. The van der Waals surface area contributed by atoms with Crippen LogP contribution >= 0.6 is 0 Å². The number of benzene rings is 2. The van der Waals surface area contributed by atoms with E-state index < -0.39 is 0 Å². The first kappa shape index (κ1) is 14.9. The van der Waals surface area contributed by atoms with Gasteiger partial charge in [-0.3, -0.25) is 9.78 Å². The molecule has 0 aliphatic heterocycles. The molecule has 0 radical (unpaired) electrons. The smallest absolute Gasteiger partial charge is 0.275 e. The zero-order valence-electron chi connectivity index (χ0n) is 12.3. The summed E-state index contributed by atoms with van der Waals surface area (Å²) in [5.41, 5.74) is 3.22. The summed E-state index contributed by atoms with van der Waals surface area (Å²) in [6, 6.07) is 16.5. The van der Waals surface area contributed by atoms with Crippen LogP contribution in [0.3, 0.4) is 0 Å². The second kappa shape index (κ2) is 6.81. The highest BCUT2D eigenvalue weighted by molar-refractivity contribution is 6.02. The predicted molar refractivity (Wildman–Crippen MR) is 87.8 cm³/mol. The third-order valence-electron chi connectivity index (χ3n) is 3.33. The fourth-order valence-electron chi connectivity index (χ4n) is 2.11. The van der Waals surface area contributed by atoms with E-state index in [0.717, 1.165) is 11.1 Å². The second-order valence-electron chi connectivity index (χ2n) is 4.96. The largest absolute Gasteiger partial charge is 0.392 e. The lowest BCUT2D eigenvalue weighted by atomic mass is 10.1. The van der Waals surface area contributed by atoms with Gasteiger partial charge in [0, 0.05) is 11.3 Å². The van der Waals surface area contributed by atoms with Crippen LogP contribution in [0.5, 0.6) is 0 Å². The van der Waals surface area contributed by atoms with Gasteiger partial charge in [0.15, 0.2) is 0 Å². The summed E-state index contributed by atoms with van der Waals surface area (Å²) in [5, 5.41) is 11.9. The summed E-state index contributed by atoms with van der Waals surface area (Å²) in [6.07, 6.45) is 3.04. The van der Waals surface area contributed by atoms with E-state index in [4.69, 9.17) is 5.11 Å². The molecular formula is C18H15N3O2. The van der Waals surface area contributed by atoms with Crippen molar-refractivity contribution in [3.05, 3.63) is 78.2 Å². The second-order valence-corrected chi connectivity index (χ2v) is 4.96. The molecule has 1 aromatic heterocycles. The highest BCUT2D eigenvalue weighted by Gasteiger charge is 2.10. The summed E-state index contributed by atoms with van der Waals surface area (Å²) in [5.74, 6) is -0.308. The van der Waals surface area contributed by atoms with Crippen LogP contribution in [0.4, 0.5) is 5.69 Å². The number of para-hydroxylation sites is 1. The van der Waals surface area contributed by atoms with E-state index in [9.17, 15) is 4.79 Å². The molecule has 0 spiro atoms. The van der Waals surface area contributed by atoms with Gasteiger partial charge in [0.05, 0.1) is 24.7 Å². The molecule has 23 heavy (non-hydrogen) atoms. The van der Waals surface area contributed by atoms with Gasteiger partial charge in [-0.05, 0) is 17.7 Å². The lowest BCUT2D eigenvalue weighted by Gasteiger charge is -2.06. The van der Waals surface area contributed by atoms with Crippen molar-refractivity contribution < 1.29 is 9.90 Å². The first-order valence-electron chi connectivity index (χ1n) is 7.15. The number of nitrogens with one attached hydrogen (secondary N) is 1. The van der Waals surface area contributed by atoms with Crippen LogP contribution in [0.2, 0.25) is 0 Å². The van der Waals surface area contributed by atoms with Crippen LogP contribution in [0.1, 0.15) is 16.1 Å².